The van der Waals surface area contributed by atoms with E-state index in [1.807, 2.05) is 11.8 Å². The molecule has 104 valence electrons. The zero-order valence-corrected chi connectivity index (χ0v) is 12.5. The van der Waals surface area contributed by atoms with Crippen LogP contribution in [0.3, 0.4) is 0 Å². The molecule has 1 N–H and O–H groups in total. The molecule has 1 aromatic rings. The van der Waals surface area contributed by atoms with Crippen molar-refractivity contribution in [3.63, 3.8) is 0 Å². The molecule has 0 amide bonds. The molecule has 1 aliphatic rings. The minimum absolute atomic E-state index is 0.148. The normalized spacial score (nSPS) is 16.5. The lowest BCUT2D eigenvalue weighted by Gasteiger charge is -2.29. The van der Waals surface area contributed by atoms with Crippen molar-refractivity contribution >= 4 is 23.5 Å². The molecular formula is C14H20N2O2S. The van der Waals surface area contributed by atoms with Crippen LogP contribution < -0.4 is 4.90 Å². The molecule has 5 heteroatoms. The maximum absolute atomic E-state index is 11.3. The number of pyridine rings is 1. The second-order valence-electron chi connectivity index (χ2n) is 5.75. The van der Waals surface area contributed by atoms with Gasteiger partial charge in [-0.25, -0.2) is 9.78 Å². The molecule has 0 aliphatic carbocycles. The van der Waals surface area contributed by atoms with Gasteiger partial charge >= 0.3 is 5.97 Å². The highest BCUT2D eigenvalue weighted by Crippen LogP contribution is 2.26. The third kappa shape index (κ3) is 3.41. The van der Waals surface area contributed by atoms with Crippen molar-refractivity contribution in [2.24, 2.45) is 0 Å². The van der Waals surface area contributed by atoms with Crippen LogP contribution >= 0.6 is 11.8 Å². The van der Waals surface area contributed by atoms with Crippen molar-refractivity contribution in [1.29, 1.82) is 0 Å². The number of hydrogen-bond acceptors (Lipinski definition) is 4. The summed E-state index contributed by atoms with van der Waals surface area (Å²) in [6, 6.07) is 3.37. The fraction of sp³-hybridized carbons (Fsp3) is 0.571. The van der Waals surface area contributed by atoms with Crippen molar-refractivity contribution in [2.45, 2.75) is 26.2 Å². The minimum atomic E-state index is -0.888. The van der Waals surface area contributed by atoms with Crippen LogP contribution in [-0.4, -0.2) is 40.7 Å². The molecule has 1 aliphatic heterocycles. The summed E-state index contributed by atoms with van der Waals surface area (Å²) in [5.41, 5.74) is 1.01. The van der Waals surface area contributed by atoms with Crippen LogP contribution in [0.25, 0.3) is 0 Å². The van der Waals surface area contributed by atoms with Crippen molar-refractivity contribution in [3.8, 4) is 0 Å². The highest BCUT2D eigenvalue weighted by molar-refractivity contribution is 7.99. The standard InChI is InChI=1S/C14H20N2O2S/c1-14(2,3)11-8-10(13(17)18)9-12(15-11)16-4-6-19-7-5-16/h8-9H,4-7H2,1-3H3,(H,17,18). The number of anilines is 1. The first-order valence-corrected chi connectivity index (χ1v) is 7.62. The number of rotatable bonds is 2. The van der Waals surface area contributed by atoms with E-state index < -0.39 is 5.97 Å². The van der Waals surface area contributed by atoms with Gasteiger partial charge in [-0.2, -0.15) is 11.8 Å². The number of hydrogen-bond donors (Lipinski definition) is 1. The first-order chi connectivity index (χ1) is 8.88. The van der Waals surface area contributed by atoms with Crippen molar-refractivity contribution in [1.82, 2.24) is 4.98 Å². The lowest BCUT2D eigenvalue weighted by atomic mass is 9.90. The summed E-state index contributed by atoms with van der Waals surface area (Å²) in [6.45, 7) is 8.03. The van der Waals surface area contributed by atoms with Gasteiger partial charge in [-0.15, -0.1) is 0 Å². The molecule has 0 unspecified atom stereocenters. The molecule has 1 aromatic heterocycles. The number of thioether (sulfide) groups is 1. The quantitative estimate of drug-likeness (QED) is 0.902. The van der Waals surface area contributed by atoms with E-state index in [2.05, 4.69) is 30.7 Å². The van der Waals surface area contributed by atoms with Gasteiger partial charge in [-0.05, 0) is 12.1 Å². The summed E-state index contributed by atoms with van der Waals surface area (Å²) in [5.74, 6) is 2.05. The van der Waals surface area contributed by atoms with Crippen LogP contribution in [0.4, 0.5) is 5.82 Å². The number of carboxylic acid groups (broad SMARTS) is 1. The van der Waals surface area contributed by atoms with E-state index in [1.165, 1.54) is 0 Å². The molecule has 4 nitrogen and oxygen atoms in total. The van der Waals surface area contributed by atoms with Crippen LogP contribution in [0.15, 0.2) is 12.1 Å². The molecule has 0 bridgehead atoms. The van der Waals surface area contributed by atoms with Gasteiger partial charge in [0.2, 0.25) is 0 Å². The van der Waals surface area contributed by atoms with Crippen LogP contribution in [0.1, 0.15) is 36.8 Å². The highest BCUT2D eigenvalue weighted by atomic mass is 32.2. The maximum Gasteiger partial charge on any atom is 0.335 e. The molecule has 0 atom stereocenters. The van der Waals surface area contributed by atoms with Crippen molar-refractivity contribution < 1.29 is 9.90 Å². The summed E-state index contributed by atoms with van der Waals surface area (Å²) in [5, 5.41) is 9.25. The number of carbonyl (C=O) groups is 1. The van der Waals surface area contributed by atoms with E-state index in [9.17, 15) is 9.90 Å². The van der Waals surface area contributed by atoms with Crippen molar-refractivity contribution in [3.05, 3.63) is 23.4 Å². The fourth-order valence-corrected chi connectivity index (χ4v) is 2.88. The smallest absolute Gasteiger partial charge is 0.335 e. The summed E-state index contributed by atoms with van der Waals surface area (Å²) >= 11 is 1.93. The van der Waals surface area contributed by atoms with E-state index in [-0.39, 0.29) is 5.41 Å². The lowest BCUT2D eigenvalue weighted by molar-refractivity contribution is 0.0696. The van der Waals surface area contributed by atoms with E-state index in [4.69, 9.17) is 0 Å². The summed E-state index contributed by atoms with van der Waals surface area (Å²) in [6.07, 6.45) is 0. The van der Waals surface area contributed by atoms with Gasteiger partial charge in [0.05, 0.1) is 5.56 Å². The molecule has 0 saturated carbocycles. The molecule has 1 saturated heterocycles. The number of nitrogens with zero attached hydrogens (tertiary/aromatic N) is 2. The Morgan fingerprint density at radius 2 is 1.95 bits per heavy atom. The zero-order valence-electron chi connectivity index (χ0n) is 11.6. The summed E-state index contributed by atoms with van der Waals surface area (Å²) in [4.78, 5) is 18.1. The molecule has 2 rings (SSSR count). The molecule has 2 heterocycles. The molecule has 0 aromatic carbocycles. The summed E-state index contributed by atoms with van der Waals surface area (Å²) in [7, 11) is 0. The lowest BCUT2D eigenvalue weighted by Crippen LogP contribution is -2.34. The highest BCUT2D eigenvalue weighted by Gasteiger charge is 2.21. The third-order valence-electron chi connectivity index (χ3n) is 3.16. The van der Waals surface area contributed by atoms with Gasteiger partial charge < -0.3 is 10.0 Å². The average molecular weight is 280 g/mol. The molecule has 1 fully saturated rings. The zero-order chi connectivity index (χ0) is 14.0. The first-order valence-electron chi connectivity index (χ1n) is 6.46. The maximum atomic E-state index is 11.3. The predicted molar refractivity (Wildman–Crippen MR) is 79.4 cm³/mol. The van der Waals surface area contributed by atoms with E-state index in [0.29, 0.717) is 5.56 Å². The SMILES string of the molecule is CC(C)(C)c1cc(C(=O)O)cc(N2CCSCC2)n1. The Hall–Kier alpha value is -1.23. The Kier molecular flexibility index (Phi) is 4.04. The van der Waals surface area contributed by atoms with Crippen LogP contribution in [0.5, 0.6) is 0 Å². The van der Waals surface area contributed by atoms with Crippen LogP contribution in [-0.2, 0) is 5.41 Å². The monoisotopic (exact) mass is 280 g/mol. The topological polar surface area (TPSA) is 53.4 Å². The number of carboxylic acids is 1. The number of aromatic carboxylic acids is 1. The van der Waals surface area contributed by atoms with Crippen LogP contribution in [0.2, 0.25) is 0 Å². The largest absolute Gasteiger partial charge is 0.478 e. The molecular weight excluding hydrogens is 260 g/mol. The Balaban J connectivity index is 2.41. The van der Waals surface area contributed by atoms with Gasteiger partial charge in [0.25, 0.3) is 0 Å². The molecule has 0 spiro atoms. The van der Waals surface area contributed by atoms with Crippen LogP contribution in [0, 0.1) is 0 Å². The van der Waals surface area contributed by atoms with E-state index in [1.54, 1.807) is 12.1 Å². The Morgan fingerprint density at radius 3 is 2.47 bits per heavy atom. The van der Waals surface area contributed by atoms with Crippen molar-refractivity contribution in [2.75, 3.05) is 29.5 Å². The Bertz CT molecular complexity index is 477. The van der Waals surface area contributed by atoms with Gasteiger partial charge in [0, 0.05) is 35.7 Å². The Morgan fingerprint density at radius 1 is 1.32 bits per heavy atom. The third-order valence-corrected chi connectivity index (χ3v) is 4.10. The number of aromatic nitrogens is 1. The van der Waals surface area contributed by atoms with Gasteiger partial charge in [0.1, 0.15) is 5.82 Å². The second-order valence-corrected chi connectivity index (χ2v) is 6.98. The molecule has 19 heavy (non-hydrogen) atoms. The second kappa shape index (κ2) is 5.41. The predicted octanol–water partition coefficient (Wildman–Crippen LogP) is 2.63. The summed E-state index contributed by atoms with van der Waals surface area (Å²) < 4.78 is 0. The van der Waals surface area contributed by atoms with Gasteiger partial charge in [0.15, 0.2) is 0 Å². The Labute approximate surface area is 118 Å². The fourth-order valence-electron chi connectivity index (χ4n) is 1.98. The van der Waals surface area contributed by atoms with E-state index in [0.717, 1.165) is 36.1 Å². The van der Waals surface area contributed by atoms with Gasteiger partial charge in [-0.1, -0.05) is 20.8 Å². The molecule has 0 radical (unpaired) electrons. The van der Waals surface area contributed by atoms with E-state index >= 15 is 0 Å². The first kappa shape index (κ1) is 14.2. The average Bonchev–Trinajstić information content (AvgIpc) is 2.38. The minimum Gasteiger partial charge on any atom is -0.478 e. The van der Waals surface area contributed by atoms with Gasteiger partial charge in [-0.3, -0.25) is 0 Å².